The summed E-state index contributed by atoms with van der Waals surface area (Å²) in [5.41, 5.74) is 20.2. The smallest absolute Gasteiger partial charge is 0.248 e. The number of hydrogen-bond donors (Lipinski definition) is 0. The van der Waals surface area contributed by atoms with Gasteiger partial charge in [-0.3, -0.25) is 0 Å². The molecular formula is C66H81BN2OS. The Labute approximate surface area is 430 Å². The number of allylic oxidation sites excluding steroid dienone is 8. The highest BCUT2D eigenvalue weighted by Gasteiger charge is 2.56. The van der Waals surface area contributed by atoms with E-state index in [-0.39, 0.29) is 50.7 Å². The summed E-state index contributed by atoms with van der Waals surface area (Å²) >= 11 is 2.13. The fourth-order valence-corrected chi connectivity index (χ4v) is 17.4. The molecule has 2 saturated carbocycles. The lowest BCUT2D eigenvalue weighted by Crippen LogP contribution is -2.59. The fourth-order valence-electron chi connectivity index (χ4n) is 16.1. The summed E-state index contributed by atoms with van der Waals surface area (Å²) in [6.45, 7) is 38.2. The average Bonchev–Trinajstić information content (AvgIpc) is 3.88. The molecule has 0 amide bonds. The van der Waals surface area contributed by atoms with E-state index in [1.54, 1.807) is 44.4 Å². The molecule has 0 saturated heterocycles. The normalized spacial score (nSPS) is 29.3. The van der Waals surface area contributed by atoms with Crippen LogP contribution in [0.15, 0.2) is 110 Å². The van der Waals surface area contributed by atoms with E-state index in [0.717, 1.165) is 36.7 Å². The van der Waals surface area contributed by atoms with Crippen molar-refractivity contribution in [2.45, 2.75) is 185 Å². The molecule has 9 aliphatic rings. The van der Waals surface area contributed by atoms with Crippen LogP contribution in [0.4, 0.5) is 5.00 Å². The zero-order chi connectivity index (χ0) is 49.9. The molecular weight excluding hydrogens is 880 g/mol. The number of anilines is 1. The lowest BCUT2D eigenvalue weighted by atomic mass is 9.30. The molecule has 4 heterocycles. The van der Waals surface area contributed by atoms with Gasteiger partial charge in [-0.15, -0.1) is 11.3 Å². The molecule has 5 heteroatoms. The van der Waals surface area contributed by atoms with Crippen LogP contribution >= 0.6 is 11.3 Å². The van der Waals surface area contributed by atoms with Crippen LogP contribution in [-0.2, 0) is 10.8 Å². The Morgan fingerprint density at radius 2 is 1.39 bits per heavy atom. The first-order valence-corrected chi connectivity index (χ1v) is 28.8. The van der Waals surface area contributed by atoms with E-state index in [2.05, 4.69) is 198 Å². The minimum atomic E-state index is -0.0124. The van der Waals surface area contributed by atoms with Crippen LogP contribution in [0.5, 0.6) is 0 Å². The van der Waals surface area contributed by atoms with Gasteiger partial charge < -0.3 is 14.2 Å². The van der Waals surface area contributed by atoms with Crippen LogP contribution in [0, 0.1) is 44.8 Å². The Morgan fingerprint density at radius 3 is 2.13 bits per heavy atom. The molecule has 0 N–H and O–H groups in total. The SMILES string of the molecule is CC(C)(C)C1=CC2=C3B(C4=C(CC5C(=C4)C(C)(C)CCC5(C)C)N2C2=c4c(oc5ccccc45)=CCC2)c2c(sc4cc5c(cc24)C(C)(C)CCC5(C)C)N(C2=CC4C(C=C2)C(C)(C)CCC4(C)C)C3C1. The summed E-state index contributed by atoms with van der Waals surface area (Å²) in [5, 5.41) is 5.57. The standard InChI is InChI=1S/C66H81BN2OS/c1-60(2,3)38-31-51-58-52(32-38)69(49-20-18-22-54-56(49)40-19-16-17-21-53(40)70-54)50-36-46-45(64(10,11)28-29-65(46,12)13)35-48(50)67(58)57-41-34-44-47(66(14,15)30-27-63(44,8)9)37-55(41)71-59(57)68(51)39-23-24-42-43(33-39)62(6,7)26-25-61(42,4)5/h16-17,19,21-24,32-35,37,42-43,46,51H,18,20,25-31,36H2,1-15H3. The van der Waals surface area contributed by atoms with Crippen molar-refractivity contribution in [3.63, 3.8) is 0 Å². The van der Waals surface area contributed by atoms with E-state index in [1.807, 2.05) is 0 Å². The number of thiophene rings is 1. The van der Waals surface area contributed by atoms with E-state index in [1.165, 1.54) is 81.3 Å². The van der Waals surface area contributed by atoms with Crippen molar-refractivity contribution in [1.29, 1.82) is 0 Å². The Morgan fingerprint density at radius 1 is 0.718 bits per heavy atom. The lowest BCUT2D eigenvalue weighted by Gasteiger charge is -2.56. The van der Waals surface area contributed by atoms with Crippen molar-refractivity contribution in [2.75, 3.05) is 4.90 Å². The van der Waals surface area contributed by atoms with Gasteiger partial charge in [-0.2, -0.15) is 0 Å². The maximum absolute atomic E-state index is 6.83. The molecule has 2 fully saturated rings. The molecule has 0 bridgehead atoms. The number of rotatable bonds is 2. The van der Waals surface area contributed by atoms with Gasteiger partial charge in [-0.25, -0.2) is 0 Å². The monoisotopic (exact) mass is 961 g/mol. The van der Waals surface area contributed by atoms with Crippen molar-refractivity contribution >= 4 is 61.3 Å². The Balaban J connectivity index is 1.17. The van der Waals surface area contributed by atoms with Crippen LogP contribution < -0.4 is 21.0 Å². The zero-order valence-corrected chi connectivity index (χ0v) is 46.9. The molecule has 3 nitrogen and oxygen atoms in total. The number of fused-ring (bicyclic) bond motifs is 11. The number of hydrogen-bond acceptors (Lipinski definition) is 4. The molecule has 4 atom stereocenters. The largest absolute Gasteiger partial charge is 0.456 e. The second-order valence-corrected chi connectivity index (χ2v) is 30.3. The molecule has 2 aromatic carbocycles. The minimum Gasteiger partial charge on any atom is -0.456 e. The third-order valence-corrected chi connectivity index (χ3v) is 22.3. The third kappa shape index (κ3) is 6.64. The fraction of sp³-hybridized carbons (Fsp3) is 0.545. The zero-order valence-electron chi connectivity index (χ0n) is 46.1. The quantitative estimate of drug-likeness (QED) is 0.187. The summed E-state index contributed by atoms with van der Waals surface area (Å²) < 4.78 is 8.30. The summed E-state index contributed by atoms with van der Waals surface area (Å²) in [4.78, 5) is 5.87. The van der Waals surface area contributed by atoms with Crippen molar-refractivity contribution in [1.82, 2.24) is 4.90 Å². The van der Waals surface area contributed by atoms with Crippen molar-refractivity contribution in [2.24, 2.45) is 44.8 Å². The molecule has 2 aliphatic heterocycles. The molecule has 2 aromatic heterocycles. The second kappa shape index (κ2) is 14.8. The number of nitrogens with zero attached hydrogens (tertiary/aromatic N) is 2. The molecule has 7 aliphatic carbocycles. The molecule has 71 heavy (non-hydrogen) atoms. The van der Waals surface area contributed by atoms with E-state index >= 15 is 0 Å². The van der Waals surface area contributed by atoms with Crippen molar-refractivity contribution in [3.05, 3.63) is 128 Å². The number of para-hydroxylation sites is 1. The van der Waals surface area contributed by atoms with Gasteiger partial charge in [0.25, 0.3) is 0 Å². The Kier molecular flexibility index (Phi) is 9.68. The van der Waals surface area contributed by atoms with Gasteiger partial charge in [0.05, 0.1) is 11.0 Å². The van der Waals surface area contributed by atoms with Crippen molar-refractivity contribution in [3.8, 4) is 0 Å². The van der Waals surface area contributed by atoms with Crippen molar-refractivity contribution < 1.29 is 4.42 Å². The highest BCUT2D eigenvalue weighted by atomic mass is 32.1. The summed E-state index contributed by atoms with van der Waals surface area (Å²) in [6, 6.07) is 14.5. The first-order chi connectivity index (χ1) is 33.3. The number of benzene rings is 2. The molecule has 0 radical (unpaired) electrons. The van der Waals surface area contributed by atoms with Crippen LogP contribution in [0.1, 0.15) is 179 Å². The first-order valence-electron chi connectivity index (χ1n) is 28.0. The predicted molar refractivity (Wildman–Crippen MR) is 303 cm³/mol. The molecule has 0 spiro atoms. The van der Waals surface area contributed by atoms with Gasteiger partial charge in [0, 0.05) is 38.1 Å². The maximum Gasteiger partial charge on any atom is 0.248 e. The second-order valence-electron chi connectivity index (χ2n) is 29.2. The molecule has 13 rings (SSSR count). The minimum absolute atomic E-state index is 0.0124. The van der Waals surface area contributed by atoms with E-state index in [4.69, 9.17) is 4.42 Å². The molecule has 4 aromatic rings. The van der Waals surface area contributed by atoms with Crippen LogP contribution in [0.2, 0.25) is 0 Å². The van der Waals surface area contributed by atoms with Gasteiger partial charge in [0.2, 0.25) is 6.71 Å². The van der Waals surface area contributed by atoms with E-state index < -0.39 is 0 Å². The third-order valence-electron chi connectivity index (χ3n) is 21.1. The topological polar surface area (TPSA) is 19.6 Å². The van der Waals surface area contributed by atoms with Gasteiger partial charge >= 0.3 is 0 Å². The van der Waals surface area contributed by atoms with Gasteiger partial charge in [0.15, 0.2) is 0 Å². The van der Waals surface area contributed by atoms with Gasteiger partial charge in [-0.05, 0) is 189 Å². The highest BCUT2D eigenvalue weighted by Crippen LogP contribution is 2.62. The number of furan rings is 1. The maximum atomic E-state index is 6.83. The first kappa shape index (κ1) is 46.6. The average molecular weight is 961 g/mol. The van der Waals surface area contributed by atoms with Crippen LogP contribution in [0.3, 0.4) is 0 Å². The molecule has 4 unspecified atom stereocenters. The highest BCUT2D eigenvalue weighted by molar-refractivity contribution is 7.25. The van der Waals surface area contributed by atoms with Crippen LogP contribution in [0.25, 0.3) is 32.8 Å². The summed E-state index contributed by atoms with van der Waals surface area (Å²) in [5.74, 6) is 1.47. The predicted octanol–water partition coefficient (Wildman–Crippen LogP) is 15.9. The Bertz CT molecular complexity index is 3350. The summed E-state index contributed by atoms with van der Waals surface area (Å²) in [6.07, 6.45) is 27.6. The van der Waals surface area contributed by atoms with Gasteiger partial charge in [-0.1, -0.05) is 151 Å². The molecule has 370 valence electrons. The van der Waals surface area contributed by atoms with E-state index in [9.17, 15) is 0 Å². The van der Waals surface area contributed by atoms with Gasteiger partial charge in [0.1, 0.15) is 11.0 Å². The lowest BCUT2D eigenvalue weighted by molar-refractivity contribution is 0.0326. The van der Waals surface area contributed by atoms with Crippen LogP contribution in [-0.4, -0.2) is 17.7 Å². The summed E-state index contributed by atoms with van der Waals surface area (Å²) in [7, 11) is 0. The Hall–Kier alpha value is -4.22. The van der Waals surface area contributed by atoms with E-state index in [0.29, 0.717) is 17.8 Å².